The molecule has 0 bridgehead atoms. The molecule has 0 saturated heterocycles. The highest BCUT2D eigenvalue weighted by Crippen LogP contribution is 2.12. The van der Waals surface area contributed by atoms with Crippen LogP contribution in [0.2, 0.25) is 0 Å². The van der Waals surface area contributed by atoms with Crippen molar-refractivity contribution in [3.63, 3.8) is 0 Å². The number of aliphatic hydroxyl groups excluding tert-OH is 1. The molecular formula is C16H25NO3. The maximum atomic E-state index is 11.1. The number of carbonyl (C=O) groups excluding carboxylic acids is 1. The second-order valence-corrected chi connectivity index (χ2v) is 5.14. The van der Waals surface area contributed by atoms with Crippen LogP contribution in [-0.2, 0) is 0 Å². The van der Waals surface area contributed by atoms with Crippen molar-refractivity contribution < 1.29 is 14.6 Å². The van der Waals surface area contributed by atoms with E-state index in [0.29, 0.717) is 23.9 Å². The zero-order valence-corrected chi connectivity index (χ0v) is 12.6. The predicted molar refractivity (Wildman–Crippen MR) is 80.3 cm³/mol. The molecule has 0 aliphatic rings. The molecule has 0 spiro atoms. The van der Waals surface area contributed by atoms with Crippen molar-refractivity contribution in [3.8, 4) is 5.75 Å². The molecule has 4 nitrogen and oxygen atoms in total. The van der Waals surface area contributed by atoms with Gasteiger partial charge in [0.05, 0.1) is 0 Å². The first kappa shape index (κ1) is 16.7. The number of ketones is 1. The molecule has 1 aromatic carbocycles. The molecule has 0 heterocycles. The van der Waals surface area contributed by atoms with E-state index in [1.807, 2.05) is 0 Å². The smallest absolute Gasteiger partial charge is 0.159 e. The largest absolute Gasteiger partial charge is 0.491 e. The van der Waals surface area contributed by atoms with E-state index < -0.39 is 6.10 Å². The van der Waals surface area contributed by atoms with Gasteiger partial charge < -0.3 is 15.2 Å². The van der Waals surface area contributed by atoms with E-state index in [9.17, 15) is 9.90 Å². The molecule has 20 heavy (non-hydrogen) atoms. The number of ether oxygens (including phenoxy) is 1. The van der Waals surface area contributed by atoms with Gasteiger partial charge in [0.15, 0.2) is 5.78 Å². The summed E-state index contributed by atoms with van der Waals surface area (Å²) >= 11 is 0. The maximum absolute atomic E-state index is 11.1. The van der Waals surface area contributed by atoms with Crippen LogP contribution in [0.25, 0.3) is 0 Å². The van der Waals surface area contributed by atoms with Crippen molar-refractivity contribution in [2.24, 2.45) is 0 Å². The van der Waals surface area contributed by atoms with Crippen LogP contribution in [0.1, 0.15) is 44.0 Å². The Bertz CT molecular complexity index is 403. The minimum absolute atomic E-state index is 0.0331. The van der Waals surface area contributed by atoms with Crippen molar-refractivity contribution in [1.29, 1.82) is 0 Å². The van der Waals surface area contributed by atoms with Crippen molar-refractivity contribution >= 4 is 5.78 Å². The van der Waals surface area contributed by atoms with Crippen molar-refractivity contribution in [3.05, 3.63) is 29.8 Å². The monoisotopic (exact) mass is 279 g/mol. The molecule has 0 radical (unpaired) electrons. The average Bonchev–Trinajstić information content (AvgIpc) is 2.43. The summed E-state index contributed by atoms with van der Waals surface area (Å²) in [7, 11) is 0. The SMILES string of the molecule is CCC[C@H](C)NC[C@H](O)COc1ccc(C(C)=O)cc1. The number of benzene rings is 1. The Labute approximate surface area is 121 Å². The van der Waals surface area contributed by atoms with Crippen LogP contribution in [0.5, 0.6) is 5.75 Å². The lowest BCUT2D eigenvalue weighted by atomic mass is 10.1. The van der Waals surface area contributed by atoms with E-state index in [-0.39, 0.29) is 12.4 Å². The highest BCUT2D eigenvalue weighted by Gasteiger charge is 2.08. The van der Waals surface area contributed by atoms with Crippen molar-refractivity contribution in [2.45, 2.75) is 45.8 Å². The molecule has 0 fully saturated rings. The maximum Gasteiger partial charge on any atom is 0.159 e. The first-order chi connectivity index (χ1) is 9.52. The van der Waals surface area contributed by atoms with Crippen LogP contribution in [0.4, 0.5) is 0 Å². The molecule has 1 rings (SSSR count). The molecular weight excluding hydrogens is 254 g/mol. The van der Waals surface area contributed by atoms with Crippen molar-refractivity contribution in [1.82, 2.24) is 5.32 Å². The van der Waals surface area contributed by atoms with Crippen LogP contribution in [0.3, 0.4) is 0 Å². The lowest BCUT2D eigenvalue weighted by Gasteiger charge is -2.17. The Balaban J connectivity index is 2.30. The minimum Gasteiger partial charge on any atom is -0.491 e. The molecule has 2 N–H and O–H groups in total. The number of aliphatic hydroxyl groups is 1. The van der Waals surface area contributed by atoms with Gasteiger partial charge in [-0.25, -0.2) is 0 Å². The predicted octanol–water partition coefficient (Wildman–Crippen LogP) is 2.41. The Kier molecular flexibility index (Phi) is 7.26. The number of carbonyl (C=O) groups is 1. The van der Waals surface area contributed by atoms with Crippen LogP contribution < -0.4 is 10.1 Å². The first-order valence-electron chi connectivity index (χ1n) is 7.18. The minimum atomic E-state index is -0.540. The molecule has 0 saturated carbocycles. The summed E-state index contributed by atoms with van der Waals surface area (Å²) < 4.78 is 5.49. The quantitative estimate of drug-likeness (QED) is 0.682. The number of Topliss-reactive ketones (excluding diaryl/α,β-unsaturated/α-hetero) is 1. The summed E-state index contributed by atoms with van der Waals surface area (Å²) in [4.78, 5) is 11.1. The van der Waals surface area contributed by atoms with E-state index in [0.717, 1.165) is 12.8 Å². The molecule has 0 aliphatic carbocycles. The fourth-order valence-corrected chi connectivity index (χ4v) is 1.91. The summed E-state index contributed by atoms with van der Waals surface area (Å²) in [6.07, 6.45) is 1.69. The van der Waals surface area contributed by atoms with Crippen LogP contribution in [0.15, 0.2) is 24.3 Å². The van der Waals surface area contributed by atoms with Gasteiger partial charge in [0.2, 0.25) is 0 Å². The molecule has 0 aliphatic heterocycles. The number of rotatable bonds is 9. The molecule has 2 atom stereocenters. The van der Waals surface area contributed by atoms with E-state index in [2.05, 4.69) is 19.2 Å². The van der Waals surface area contributed by atoms with Gasteiger partial charge in [-0.3, -0.25) is 4.79 Å². The zero-order valence-electron chi connectivity index (χ0n) is 12.6. The lowest BCUT2D eigenvalue weighted by Crippen LogP contribution is -2.36. The fraction of sp³-hybridized carbons (Fsp3) is 0.562. The third-order valence-corrected chi connectivity index (χ3v) is 3.13. The Morgan fingerprint density at radius 1 is 1.35 bits per heavy atom. The Hall–Kier alpha value is -1.39. The lowest BCUT2D eigenvalue weighted by molar-refractivity contribution is 0.101. The van der Waals surface area contributed by atoms with E-state index in [4.69, 9.17) is 4.74 Å². The Morgan fingerprint density at radius 3 is 2.55 bits per heavy atom. The second-order valence-electron chi connectivity index (χ2n) is 5.14. The molecule has 112 valence electrons. The fourth-order valence-electron chi connectivity index (χ4n) is 1.91. The molecule has 4 heteroatoms. The van der Waals surface area contributed by atoms with Gasteiger partial charge in [-0.05, 0) is 44.5 Å². The summed E-state index contributed by atoms with van der Waals surface area (Å²) in [5.41, 5.74) is 0.660. The second kappa shape index (κ2) is 8.72. The first-order valence-corrected chi connectivity index (χ1v) is 7.18. The number of hydrogen-bond acceptors (Lipinski definition) is 4. The van der Waals surface area contributed by atoms with Gasteiger partial charge in [-0.15, -0.1) is 0 Å². The average molecular weight is 279 g/mol. The molecule has 0 amide bonds. The van der Waals surface area contributed by atoms with Gasteiger partial charge >= 0.3 is 0 Å². The zero-order chi connectivity index (χ0) is 15.0. The van der Waals surface area contributed by atoms with E-state index in [1.54, 1.807) is 24.3 Å². The van der Waals surface area contributed by atoms with E-state index in [1.165, 1.54) is 6.92 Å². The third kappa shape index (κ3) is 6.17. The summed E-state index contributed by atoms with van der Waals surface area (Å²) in [6, 6.07) is 7.36. The summed E-state index contributed by atoms with van der Waals surface area (Å²) in [5.74, 6) is 0.696. The number of nitrogens with one attached hydrogen (secondary N) is 1. The molecule has 0 aromatic heterocycles. The van der Waals surface area contributed by atoms with Gasteiger partial charge in [0.25, 0.3) is 0 Å². The highest BCUT2D eigenvalue weighted by molar-refractivity contribution is 5.94. The van der Waals surface area contributed by atoms with Crippen LogP contribution >= 0.6 is 0 Å². The van der Waals surface area contributed by atoms with Gasteiger partial charge in [0.1, 0.15) is 18.5 Å². The van der Waals surface area contributed by atoms with Crippen LogP contribution in [-0.4, -0.2) is 36.2 Å². The molecule has 0 unspecified atom stereocenters. The topological polar surface area (TPSA) is 58.6 Å². The van der Waals surface area contributed by atoms with Gasteiger partial charge in [-0.1, -0.05) is 13.3 Å². The standard InChI is InChI=1S/C16H25NO3/c1-4-5-12(2)17-10-15(19)11-20-16-8-6-14(7-9-16)13(3)18/h6-9,12,15,17,19H,4-5,10-11H2,1-3H3/t12-,15-/m0/s1. The Morgan fingerprint density at radius 2 is 2.00 bits per heavy atom. The number of hydrogen-bond donors (Lipinski definition) is 2. The molecule has 1 aromatic rings. The summed E-state index contributed by atoms with van der Waals surface area (Å²) in [6.45, 7) is 6.54. The van der Waals surface area contributed by atoms with Crippen molar-refractivity contribution in [2.75, 3.05) is 13.2 Å². The van der Waals surface area contributed by atoms with Crippen LogP contribution in [0, 0.1) is 0 Å². The van der Waals surface area contributed by atoms with E-state index >= 15 is 0 Å². The third-order valence-electron chi connectivity index (χ3n) is 3.13. The van der Waals surface area contributed by atoms with Gasteiger partial charge in [0, 0.05) is 18.2 Å². The highest BCUT2D eigenvalue weighted by atomic mass is 16.5. The summed E-state index contributed by atoms with van der Waals surface area (Å²) in [5, 5.41) is 13.1. The van der Waals surface area contributed by atoms with Gasteiger partial charge in [-0.2, -0.15) is 0 Å². The normalized spacial score (nSPS) is 13.8.